The largest absolute Gasteiger partial charge is 0.475 e. The zero-order valence-corrected chi connectivity index (χ0v) is 10.3. The van der Waals surface area contributed by atoms with E-state index in [0.29, 0.717) is 38.1 Å². The highest BCUT2D eigenvalue weighted by molar-refractivity contribution is 5.42. The lowest BCUT2D eigenvalue weighted by Crippen LogP contribution is -2.10. The number of nitrogens with two attached hydrogens (primary N) is 1. The Hall–Kier alpha value is -1.40. The van der Waals surface area contributed by atoms with Gasteiger partial charge in [-0.15, -0.1) is 0 Å². The van der Waals surface area contributed by atoms with E-state index in [1.54, 1.807) is 7.11 Å². The molecule has 0 unspecified atom stereocenters. The number of nitrogen functional groups attached to an aromatic ring is 1. The van der Waals surface area contributed by atoms with Crippen molar-refractivity contribution in [1.82, 2.24) is 9.97 Å². The number of hydrogen-bond acceptors (Lipinski definition) is 6. The summed E-state index contributed by atoms with van der Waals surface area (Å²) < 4.78 is 15.7. The summed E-state index contributed by atoms with van der Waals surface area (Å²) in [6, 6.07) is 0. The van der Waals surface area contributed by atoms with Crippen molar-refractivity contribution < 1.29 is 14.2 Å². The summed E-state index contributed by atoms with van der Waals surface area (Å²) in [5, 5.41) is 0. The number of anilines is 1. The zero-order chi connectivity index (χ0) is 12.5. The van der Waals surface area contributed by atoms with E-state index in [1.807, 2.05) is 6.92 Å². The average molecular weight is 241 g/mol. The Kier molecular flexibility index (Phi) is 6.27. The quantitative estimate of drug-likeness (QED) is 0.678. The van der Waals surface area contributed by atoms with Crippen LogP contribution in [0.5, 0.6) is 5.88 Å². The van der Waals surface area contributed by atoms with Gasteiger partial charge in [-0.2, -0.15) is 0 Å². The van der Waals surface area contributed by atoms with Gasteiger partial charge in [0.1, 0.15) is 18.8 Å². The third-order valence-corrected chi connectivity index (χ3v) is 2.18. The third-order valence-electron chi connectivity index (χ3n) is 2.18. The van der Waals surface area contributed by atoms with E-state index < -0.39 is 0 Å². The average Bonchev–Trinajstić information content (AvgIpc) is 2.33. The topological polar surface area (TPSA) is 79.5 Å². The maximum atomic E-state index is 5.63. The molecule has 0 saturated heterocycles. The van der Waals surface area contributed by atoms with Gasteiger partial charge in [0, 0.05) is 20.3 Å². The van der Waals surface area contributed by atoms with Gasteiger partial charge < -0.3 is 19.9 Å². The van der Waals surface area contributed by atoms with Gasteiger partial charge in [-0.25, -0.2) is 9.97 Å². The molecule has 0 aliphatic carbocycles. The molecule has 6 nitrogen and oxygen atoms in total. The Morgan fingerprint density at radius 3 is 2.76 bits per heavy atom. The van der Waals surface area contributed by atoms with Gasteiger partial charge >= 0.3 is 0 Å². The van der Waals surface area contributed by atoms with E-state index in [4.69, 9.17) is 19.9 Å². The summed E-state index contributed by atoms with van der Waals surface area (Å²) in [6.45, 7) is 4.17. The molecule has 1 aromatic rings. The molecule has 0 fully saturated rings. The van der Waals surface area contributed by atoms with Crippen molar-refractivity contribution in [2.45, 2.75) is 13.3 Å². The van der Waals surface area contributed by atoms with E-state index in [1.165, 1.54) is 6.33 Å². The summed E-state index contributed by atoms with van der Waals surface area (Å²) in [5.74, 6) is 0.953. The van der Waals surface area contributed by atoms with Crippen molar-refractivity contribution >= 4 is 5.82 Å². The van der Waals surface area contributed by atoms with Crippen LogP contribution in [0.4, 0.5) is 5.82 Å². The van der Waals surface area contributed by atoms with Crippen LogP contribution in [0.25, 0.3) is 0 Å². The summed E-state index contributed by atoms with van der Waals surface area (Å²) >= 11 is 0. The van der Waals surface area contributed by atoms with Gasteiger partial charge in [0.25, 0.3) is 0 Å². The molecule has 0 aliphatic heterocycles. The van der Waals surface area contributed by atoms with E-state index in [9.17, 15) is 0 Å². The highest BCUT2D eigenvalue weighted by atomic mass is 16.5. The molecule has 0 aromatic carbocycles. The molecule has 96 valence electrons. The second-order valence-electron chi connectivity index (χ2n) is 3.50. The minimum absolute atomic E-state index is 0.441. The van der Waals surface area contributed by atoms with Crippen LogP contribution in [-0.4, -0.2) is 43.5 Å². The standard InChI is InChI=1S/C11H19N3O3/c1-9-10(12)13-8-14-11(9)17-7-6-16-5-3-4-15-2/h8H,3-7H2,1-2H3,(H2,12,13,14). The van der Waals surface area contributed by atoms with Gasteiger partial charge in [-0.1, -0.05) is 0 Å². The number of ether oxygens (including phenoxy) is 3. The Labute approximate surface area is 101 Å². The first-order valence-electron chi connectivity index (χ1n) is 5.52. The molecule has 0 radical (unpaired) electrons. The van der Waals surface area contributed by atoms with Crippen molar-refractivity contribution in [3.63, 3.8) is 0 Å². The van der Waals surface area contributed by atoms with Gasteiger partial charge in [0.2, 0.25) is 5.88 Å². The first-order valence-corrected chi connectivity index (χ1v) is 5.52. The lowest BCUT2D eigenvalue weighted by atomic mass is 10.3. The lowest BCUT2D eigenvalue weighted by molar-refractivity contribution is 0.0793. The van der Waals surface area contributed by atoms with E-state index in [-0.39, 0.29) is 0 Å². The summed E-state index contributed by atoms with van der Waals surface area (Å²) in [7, 11) is 1.67. The highest BCUT2D eigenvalue weighted by Crippen LogP contribution is 2.16. The maximum absolute atomic E-state index is 5.63. The van der Waals surface area contributed by atoms with Crippen LogP contribution in [0.3, 0.4) is 0 Å². The maximum Gasteiger partial charge on any atom is 0.221 e. The Morgan fingerprint density at radius 2 is 2.00 bits per heavy atom. The van der Waals surface area contributed by atoms with Crippen LogP contribution < -0.4 is 10.5 Å². The molecule has 0 saturated carbocycles. The van der Waals surface area contributed by atoms with Crippen molar-refractivity contribution in [3.8, 4) is 5.88 Å². The lowest BCUT2D eigenvalue weighted by Gasteiger charge is -2.08. The monoisotopic (exact) mass is 241 g/mol. The molecule has 0 bridgehead atoms. The molecule has 1 rings (SSSR count). The highest BCUT2D eigenvalue weighted by Gasteiger charge is 2.04. The molecule has 6 heteroatoms. The van der Waals surface area contributed by atoms with Gasteiger partial charge in [-0.3, -0.25) is 0 Å². The van der Waals surface area contributed by atoms with E-state index in [0.717, 1.165) is 12.0 Å². The predicted molar refractivity (Wildman–Crippen MR) is 64.0 cm³/mol. The molecule has 0 amide bonds. The Morgan fingerprint density at radius 1 is 1.18 bits per heavy atom. The van der Waals surface area contributed by atoms with Crippen molar-refractivity contribution in [2.75, 3.05) is 39.3 Å². The summed E-state index contributed by atoms with van der Waals surface area (Å²) in [4.78, 5) is 7.86. The van der Waals surface area contributed by atoms with Gasteiger partial charge in [0.05, 0.1) is 12.2 Å². The zero-order valence-electron chi connectivity index (χ0n) is 10.3. The Balaban J connectivity index is 2.16. The molecule has 1 heterocycles. The summed E-state index contributed by atoms with van der Waals surface area (Å²) in [5.41, 5.74) is 6.39. The molecule has 0 aliphatic rings. The van der Waals surface area contributed by atoms with E-state index in [2.05, 4.69) is 9.97 Å². The minimum atomic E-state index is 0.441. The number of hydrogen-bond donors (Lipinski definition) is 1. The van der Waals surface area contributed by atoms with Gasteiger partial charge in [0.15, 0.2) is 0 Å². The van der Waals surface area contributed by atoms with E-state index >= 15 is 0 Å². The second kappa shape index (κ2) is 7.81. The van der Waals surface area contributed by atoms with Crippen LogP contribution in [0.2, 0.25) is 0 Å². The number of nitrogens with zero attached hydrogens (tertiary/aromatic N) is 2. The first-order chi connectivity index (χ1) is 8.25. The van der Waals surface area contributed by atoms with Crippen molar-refractivity contribution in [2.24, 2.45) is 0 Å². The fourth-order valence-electron chi connectivity index (χ4n) is 1.20. The number of methoxy groups -OCH3 is 1. The van der Waals surface area contributed by atoms with Crippen LogP contribution in [-0.2, 0) is 9.47 Å². The smallest absolute Gasteiger partial charge is 0.221 e. The predicted octanol–water partition coefficient (Wildman–Crippen LogP) is 0.799. The fraction of sp³-hybridized carbons (Fsp3) is 0.636. The second-order valence-corrected chi connectivity index (χ2v) is 3.50. The molecule has 2 N–H and O–H groups in total. The molecule has 17 heavy (non-hydrogen) atoms. The summed E-state index contributed by atoms with van der Waals surface area (Å²) in [6.07, 6.45) is 2.27. The molecule has 1 aromatic heterocycles. The molecular weight excluding hydrogens is 222 g/mol. The van der Waals surface area contributed by atoms with Crippen molar-refractivity contribution in [1.29, 1.82) is 0 Å². The number of aromatic nitrogens is 2. The number of rotatable bonds is 8. The van der Waals surface area contributed by atoms with Gasteiger partial charge in [-0.05, 0) is 13.3 Å². The fourth-order valence-corrected chi connectivity index (χ4v) is 1.20. The SMILES string of the molecule is COCCCOCCOc1ncnc(N)c1C. The third kappa shape index (κ3) is 4.97. The molecular formula is C11H19N3O3. The van der Waals surface area contributed by atoms with Crippen molar-refractivity contribution in [3.05, 3.63) is 11.9 Å². The Bertz CT molecular complexity index is 334. The van der Waals surface area contributed by atoms with Crippen LogP contribution in [0.15, 0.2) is 6.33 Å². The molecule has 0 spiro atoms. The molecule has 0 atom stereocenters. The van der Waals surface area contributed by atoms with Crippen LogP contribution in [0.1, 0.15) is 12.0 Å². The normalized spacial score (nSPS) is 10.5. The minimum Gasteiger partial charge on any atom is -0.475 e. The van der Waals surface area contributed by atoms with Crippen LogP contribution in [0, 0.1) is 6.92 Å². The van der Waals surface area contributed by atoms with Crippen LogP contribution >= 0.6 is 0 Å². The first kappa shape index (κ1) is 13.7.